The highest BCUT2D eigenvalue weighted by Gasteiger charge is 2.33. The summed E-state index contributed by atoms with van der Waals surface area (Å²) in [5.74, 6) is -1.63. The Morgan fingerprint density at radius 2 is 1.89 bits per heavy atom. The summed E-state index contributed by atoms with van der Waals surface area (Å²) in [6.07, 6.45) is 1.36. The SMILES string of the molecule is CC1=NN(c2ccccc2)C(=O)[C@@H]1/C=C(/C#N)C(=O)Nc1ccc(Br)cc1. The maximum Gasteiger partial charge on any atom is 0.266 e. The first-order valence-corrected chi connectivity index (χ1v) is 8.92. The summed E-state index contributed by atoms with van der Waals surface area (Å²) < 4.78 is 0.876. The lowest BCUT2D eigenvalue weighted by atomic mass is 10.0. The summed E-state index contributed by atoms with van der Waals surface area (Å²) in [7, 11) is 0. The molecule has 0 fully saturated rings. The van der Waals surface area contributed by atoms with Crippen LogP contribution in [0.3, 0.4) is 0 Å². The molecule has 0 saturated carbocycles. The Labute approximate surface area is 164 Å². The smallest absolute Gasteiger partial charge is 0.266 e. The molecule has 2 aromatic carbocycles. The Morgan fingerprint density at radius 3 is 2.52 bits per heavy atom. The minimum absolute atomic E-state index is 0.138. The highest BCUT2D eigenvalue weighted by molar-refractivity contribution is 9.10. The van der Waals surface area contributed by atoms with Crippen LogP contribution in [0.5, 0.6) is 0 Å². The van der Waals surface area contributed by atoms with Gasteiger partial charge in [-0.15, -0.1) is 0 Å². The molecule has 1 heterocycles. The molecule has 7 heteroatoms. The molecule has 0 spiro atoms. The summed E-state index contributed by atoms with van der Waals surface area (Å²) >= 11 is 3.32. The van der Waals surface area contributed by atoms with Crippen LogP contribution >= 0.6 is 15.9 Å². The molecule has 27 heavy (non-hydrogen) atoms. The maximum absolute atomic E-state index is 12.7. The normalized spacial score (nSPS) is 16.7. The summed E-state index contributed by atoms with van der Waals surface area (Å²) in [6.45, 7) is 1.70. The number of nitrogens with zero attached hydrogens (tertiary/aromatic N) is 3. The molecule has 2 aromatic rings. The van der Waals surface area contributed by atoms with E-state index in [0.29, 0.717) is 17.1 Å². The van der Waals surface area contributed by atoms with Crippen molar-refractivity contribution in [2.45, 2.75) is 6.92 Å². The van der Waals surface area contributed by atoms with E-state index in [1.165, 1.54) is 11.1 Å². The van der Waals surface area contributed by atoms with Crippen LogP contribution in [-0.2, 0) is 9.59 Å². The molecule has 0 aromatic heterocycles. The summed E-state index contributed by atoms with van der Waals surface area (Å²) in [5, 5.41) is 17.6. The van der Waals surface area contributed by atoms with Crippen molar-refractivity contribution in [2.24, 2.45) is 11.0 Å². The van der Waals surface area contributed by atoms with Crippen LogP contribution in [0, 0.1) is 17.2 Å². The van der Waals surface area contributed by atoms with Crippen molar-refractivity contribution in [2.75, 3.05) is 10.3 Å². The van der Waals surface area contributed by atoms with Gasteiger partial charge in [-0.1, -0.05) is 34.1 Å². The minimum atomic E-state index is -0.754. The quantitative estimate of drug-likeness (QED) is 0.598. The number of rotatable bonds is 4. The van der Waals surface area contributed by atoms with E-state index in [2.05, 4.69) is 26.3 Å². The summed E-state index contributed by atoms with van der Waals surface area (Å²) in [5.41, 5.74) is 1.57. The molecule has 2 amide bonds. The van der Waals surface area contributed by atoms with Gasteiger partial charge < -0.3 is 5.32 Å². The van der Waals surface area contributed by atoms with E-state index in [1.54, 1.807) is 43.3 Å². The molecule has 1 N–H and O–H groups in total. The third-order valence-electron chi connectivity index (χ3n) is 3.98. The van der Waals surface area contributed by atoms with Crippen LogP contribution < -0.4 is 10.3 Å². The van der Waals surface area contributed by atoms with Gasteiger partial charge in [0.05, 0.1) is 17.3 Å². The zero-order chi connectivity index (χ0) is 19.4. The standard InChI is InChI=1S/C20H15BrN4O2/c1-13-18(20(27)25(24-13)17-5-3-2-4-6-17)11-14(12-22)19(26)23-16-9-7-15(21)8-10-16/h2-11,18H,1H3,(H,23,26)/b14-11-/t18-/m1/s1. The summed E-state index contributed by atoms with van der Waals surface area (Å²) in [4.78, 5) is 25.1. The molecule has 134 valence electrons. The van der Waals surface area contributed by atoms with E-state index >= 15 is 0 Å². The van der Waals surface area contributed by atoms with Gasteiger partial charge in [0.2, 0.25) is 0 Å². The Balaban J connectivity index is 1.80. The number of nitriles is 1. The van der Waals surface area contributed by atoms with E-state index in [-0.39, 0.29) is 11.5 Å². The van der Waals surface area contributed by atoms with Crippen LogP contribution in [-0.4, -0.2) is 17.5 Å². The zero-order valence-electron chi connectivity index (χ0n) is 14.4. The number of hydrogen-bond donors (Lipinski definition) is 1. The molecule has 0 radical (unpaired) electrons. The molecule has 0 bridgehead atoms. The lowest BCUT2D eigenvalue weighted by molar-refractivity contribution is -0.118. The van der Waals surface area contributed by atoms with Gasteiger partial charge in [0.15, 0.2) is 0 Å². The second-order valence-corrected chi connectivity index (χ2v) is 6.77. The van der Waals surface area contributed by atoms with E-state index in [9.17, 15) is 14.9 Å². The second-order valence-electron chi connectivity index (χ2n) is 5.86. The van der Waals surface area contributed by atoms with Gasteiger partial charge >= 0.3 is 0 Å². The molecule has 0 saturated heterocycles. The van der Waals surface area contributed by atoms with Crippen LogP contribution in [0.15, 0.2) is 75.8 Å². The van der Waals surface area contributed by atoms with Crippen LogP contribution in [0.1, 0.15) is 6.92 Å². The number of nitrogens with one attached hydrogen (secondary N) is 1. The summed E-state index contributed by atoms with van der Waals surface area (Å²) in [6, 6.07) is 17.8. The third-order valence-corrected chi connectivity index (χ3v) is 4.51. The molecular weight excluding hydrogens is 408 g/mol. The number of halogens is 1. The van der Waals surface area contributed by atoms with Crippen molar-refractivity contribution in [1.82, 2.24) is 0 Å². The number of anilines is 2. The molecular formula is C20H15BrN4O2. The van der Waals surface area contributed by atoms with Crippen LogP contribution in [0.2, 0.25) is 0 Å². The topological polar surface area (TPSA) is 85.6 Å². The molecule has 1 aliphatic rings. The Morgan fingerprint density at radius 1 is 1.22 bits per heavy atom. The maximum atomic E-state index is 12.7. The molecule has 6 nitrogen and oxygen atoms in total. The number of carbonyl (C=O) groups excluding carboxylic acids is 2. The van der Waals surface area contributed by atoms with E-state index < -0.39 is 11.8 Å². The molecule has 0 aliphatic carbocycles. The van der Waals surface area contributed by atoms with E-state index in [0.717, 1.165) is 4.47 Å². The fourth-order valence-corrected chi connectivity index (χ4v) is 2.85. The minimum Gasteiger partial charge on any atom is -0.321 e. The van der Waals surface area contributed by atoms with Gasteiger partial charge in [-0.2, -0.15) is 15.4 Å². The first-order chi connectivity index (χ1) is 13.0. The van der Waals surface area contributed by atoms with Crippen molar-refractivity contribution >= 4 is 44.8 Å². The van der Waals surface area contributed by atoms with Gasteiger partial charge in [0.1, 0.15) is 11.6 Å². The molecule has 1 aliphatic heterocycles. The second kappa shape index (κ2) is 7.98. The van der Waals surface area contributed by atoms with E-state index in [4.69, 9.17) is 0 Å². The largest absolute Gasteiger partial charge is 0.321 e. The van der Waals surface area contributed by atoms with Gasteiger partial charge in [-0.25, -0.2) is 0 Å². The average Bonchev–Trinajstić information content (AvgIpc) is 2.96. The third kappa shape index (κ3) is 4.13. The monoisotopic (exact) mass is 422 g/mol. The number of amides is 2. The fourth-order valence-electron chi connectivity index (χ4n) is 2.59. The van der Waals surface area contributed by atoms with Gasteiger partial charge in [-0.3, -0.25) is 9.59 Å². The number of hydrazone groups is 1. The van der Waals surface area contributed by atoms with Crippen LogP contribution in [0.4, 0.5) is 11.4 Å². The number of hydrogen-bond acceptors (Lipinski definition) is 4. The first kappa shape index (κ1) is 18.5. The number of para-hydroxylation sites is 1. The Hall–Kier alpha value is -3.24. The highest BCUT2D eigenvalue weighted by Crippen LogP contribution is 2.25. The first-order valence-electron chi connectivity index (χ1n) is 8.12. The number of benzene rings is 2. The molecule has 3 rings (SSSR count). The lowest BCUT2D eigenvalue weighted by Crippen LogP contribution is -2.27. The van der Waals surface area contributed by atoms with Crippen molar-refractivity contribution in [3.63, 3.8) is 0 Å². The van der Waals surface area contributed by atoms with Crippen molar-refractivity contribution in [3.8, 4) is 6.07 Å². The highest BCUT2D eigenvalue weighted by atomic mass is 79.9. The predicted molar refractivity (Wildman–Crippen MR) is 107 cm³/mol. The average molecular weight is 423 g/mol. The van der Waals surface area contributed by atoms with Crippen molar-refractivity contribution < 1.29 is 9.59 Å². The van der Waals surface area contributed by atoms with E-state index in [1.807, 2.05) is 24.3 Å². The van der Waals surface area contributed by atoms with Crippen molar-refractivity contribution in [1.29, 1.82) is 5.26 Å². The van der Waals surface area contributed by atoms with Crippen LogP contribution in [0.25, 0.3) is 0 Å². The molecule has 1 atom stereocenters. The Bertz CT molecular complexity index is 975. The predicted octanol–water partition coefficient (Wildman–Crippen LogP) is 3.88. The van der Waals surface area contributed by atoms with Gasteiger partial charge in [-0.05, 0) is 49.4 Å². The fraction of sp³-hybridized carbons (Fsp3) is 0.100. The zero-order valence-corrected chi connectivity index (χ0v) is 16.0. The Kier molecular flexibility index (Phi) is 5.48. The van der Waals surface area contributed by atoms with Crippen molar-refractivity contribution in [3.05, 3.63) is 70.7 Å². The lowest BCUT2D eigenvalue weighted by Gasteiger charge is -2.12. The molecule has 0 unspecified atom stereocenters. The van der Waals surface area contributed by atoms with Gasteiger partial charge in [0.25, 0.3) is 11.8 Å². The number of carbonyl (C=O) groups is 2. The van der Waals surface area contributed by atoms with Gasteiger partial charge in [0, 0.05) is 10.2 Å².